The molecule has 7 heteroatoms. The van der Waals surface area contributed by atoms with E-state index in [2.05, 4.69) is 10.4 Å². The molecule has 6 nitrogen and oxygen atoms in total. The van der Waals surface area contributed by atoms with Crippen LogP contribution in [-0.2, 0) is 0 Å². The van der Waals surface area contributed by atoms with Gasteiger partial charge < -0.3 is 10.2 Å². The van der Waals surface area contributed by atoms with Crippen LogP contribution in [0.5, 0.6) is 0 Å². The van der Waals surface area contributed by atoms with E-state index in [0.29, 0.717) is 18.8 Å². The van der Waals surface area contributed by atoms with Gasteiger partial charge in [0.2, 0.25) is 0 Å². The fraction of sp³-hybridized carbons (Fsp3) is 0.375. The standard InChI is InChI=1S/C16H20N4O2.ClH/c1-11-3-5-13(6-4-11)20-15(21)9-14(18-20)16(22)19-8-7-17-12(2)10-19;/h3-6,9,12,17-18H,7-8,10H2,1-2H3;1H. The minimum Gasteiger partial charge on any atom is -0.335 e. The van der Waals surface area contributed by atoms with Crippen LogP contribution in [-0.4, -0.2) is 46.3 Å². The zero-order valence-corrected chi connectivity index (χ0v) is 14.0. The lowest BCUT2D eigenvalue weighted by Gasteiger charge is -2.31. The Labute approximate surface area is 140 Å². The molecule has 1 aliphatic heterocycles. The molecule has 0 radical (unpaired) electrons. The number of carbonyl (C=O) groups is 1. The number of rotatable bonds is 2. The van der Waals surface area contributed by atoms with Crippen molar-refractivity contribution in [1.29, 1.82) is 0 Å². The summed E-state index contributed by atoms with van der Waals surface area (Å²) in [6, 6.07) is 9.21. The Hall–Kier alpha value is -2.05. The van der Waals surface area contributed by atoms with Crippen molar-refractivity contribution < 1.29 is 4.79 Å². The quantitative estimate of drug-likeness (QED) is 0.869. The van der Waals surface area contributed by atoms with Crippen LogP contribution in [0.15, 0.2) is 35.1 Å². The van der Waals surface area contributed by atoms with Crippen molar-refractivity contribution in [3.05, 3.63) is 51.9 Å². The minimum atomic E-state index is -0.226. The molecule has 1 aromatic carbocycles. The average molecular weight is 337 g/mol. The first-order valence-electron chi connectivity index (χ1n) is 7.46. The molecule has 1 aliphatic rings. The van der Waals surface area contributed by atoms with Crippen LogP contribution in [0.25, 0.3) is 5.69 Å². The second-order valence-electron chi connectivity index (χ2n) is 5.79. The number of aromatic amines is 1. The first kappa shape index (κ1) is 17.3. The first-order chi connectivity index (χ1) is 10.5. The van der Waals surface area contributed by atoms with E-state index in [9.17, 15) is 9.59 Å². The van der Waals surface area contributed by atoms with Crippen molar-refractivity contribution in [2.24, 2.45) is 0 Å². The van der Waals surface area contributed by atoms with Crippen molar-refractivity contribution in [2.45, 2.75) is 19.9 Å². The fourth-order valence-corrected chi connectivity index (χ4v) is 2.68. The first-order valence-corrected chi connectivity index (χ1v) is 7.46. The van der Waals surface area contributed by atoms with Gasteiger partial charge in [0.25, 0.3) is 11.5 Å². The molecule has 3 rings (SSSR count). The molecule has 0 aliphatic carbocycles. The van der Waals surface area contributed by atoms with E-state index in [4.69, 9.17) is 0 Å². The summed E-state index contributed by atoms with van der Waals surface area (Å²) in [7, 11) is 0. The van der Waals surface area contributed by atoms with E-state index in [0.717, 1.165) is 17.8 Å². The molecule has 2 aromatic rings. The average Bonchev–Trinajstić information content (AvgIpc) is 2.89. The van der Waals surface area contributed by atoms with Gasteiger partial charge in [-0.3, -0.25) is 14.7 Å². The van der Waals surface area contributed by atoms with Crippen LogP contribution in [0.3, 0.4) is 0 Å². The molecule has 1 atom stereocenters. The topological polar surface area (TPSA) is 70.1 Å². The molecule has 1 unspecified atom stereocenters. The van der Waals surface area contributed by atoms with Gasteiger partial charge >= 0.3 is 0 Å². The summed E-state index contributed by atoms with van der Waals surface area (Å²) in [5, 5.41) is 6.22. The second-order valence-corrected chi connectivity index (χ2v) is 5.79. The van der Waals surface area contributed by atoms with Gasteiger partial charge in [-0.05, 0) is 26.0 Å². The molecule has 124 valence electrons. The molecule has 1 aromatic heterocycles. The maximum Gasteiger partial charge on any atom is 0.272 e. The van der Waals surface area contributed by atoms with Crippen molar-refractivity contribution >= 4 is 18.3 Å². The predicted octanol–water partition coefficient (Wildman–Crippen LogP) is 1.33. The Morgan fingerprint density at radius 3 is 2.61 bits per heavy atom. The molecule has 0 spiro atoms. The number of benzene rings is 1. The molecule has 1 amide bonds. The van der Waals surface area contributed by atoms with E-state index >= 15 is 0 Å². The largest absolute Gasteiger partial charge is 0.335 e. The molecule has 23 heavy (non-hydrogen) atoms. The summed E-state index contributed by atoms with van der Waals surface area (Å²) in [6.07, 6.45) is 0. The smallest absolute Gasteiger partial charge is 0.272 e. The zero-order chi connectivity index (χ0) is 15.7. The lowest BCUT2D eigenvalue weighted by Crippen LogP contribution is -2.51. The molecular weight excluding hydrogens is 316 g/mol. The van der Waals surface area contributed by atoms with Gasteiger partial charge in [0, 0.05) is 31.7 Å². The number of halogens is 1. The lowest BCUT2D eigenvalue weighted by atomic mass is 10.2. The summed E-state index contributed by atoms with van der Waals surface area (Å²) < 4.78 is 1.40. The Morgan fingerprint density at radius 2 is 1.96 bits per heavy atom. The minimum absolute atomic E-state index is 0. The number of nitrogens with zero attached hydrogens (tertiary/aromatic N) is 2. The van der Waals surface area contributed by atoms with Crippen molar-refractivity contribution in [3.8, 4) is 5.69 Å². The summed E-state index contributed by atoms with van der Waals surface area (Å²) in [5.74, 6) is -0.128. The second kappa shape index (κ2) is 7.02. The third-order valence-electron chi connectivity index (χ3n) is 3.90. The summed E-state index contributed by atoms with van der Waals surface area (Å²) in [5.41, 5.74) is 1.95. The molecule has 0 bridgehead atoms. The van der Waals surface area contributed by atoms with Crippen LogP contribution in [0.1, 0.15) is 23.0 Å². The van der Waals surface area contributed by atoms with Crippen LogP contribution >= 0.6 is 12.4 Å². The molecule has 0 saturated carbocycles. The zero-order valence-electron chi connectivity index (χ0n) is 13.2. The summed E-state index contributed by atoms with van der Waals surface area (Å²) in [4.78, 5) is 26.4. The maximum absolute atomic E-state index is 12.5. The third kappa shape index (κ3) is 3.65. The van der Waals surface area contributed by atoms with E-state index in [1.165, 1.54) is 10.7 Å². The van der Waals surface area contributed by atoms with Gasteiger partial charge in [0.05, 0.1) is 5.69 Å². The summed E-state index contributed by atoms with van der Waals surface area (Å²) >= 11 is 0. The summed E-state index contributed by atoms with van der Waals surface area (Å²) in [6.45, 7) is 6.11. The Kier molecular flexibility index (Phi) is 5.28. The highest BCUT2D eigenvalue weighted by molar-refractivity contribution is 5.92. The van der Waals surface area contributed by atoms with Gasteiger partial charge in [-0.25, -0.2) is 4.68 Å². The number of aryl methyl sites for hydroxylation is 1. The van der Waals surface area contributed by atoms with Gasteiger partial charge in [-0.2, -0.15) is 0 Å². The number of amides is 1. The Balaban J connectivity index is 0.00000192. The molecule has 2 heterocycles. The number of piperazine rings is 1. The highest BCUT2D eigenvalue weighted by Gasteiger charge is 2.23. The van der Waals surface area contributed by atoms with Crippen LogP contribution in [0, 0.1) is 6.92 Å². The van der Waals surface area contributed by atoms with Gasteiger partial charge in [-0.1, -0.05) is 17.7 Å². The molecule has 1 fully saturated rings. The maximum atomic E-state index is 12.5. The van der Waals surface area contributed by atoms with E-state index in [1.807, 2.05) is 38.1 Å². The normalized spacial score (nSPS) is 17.7. The van der Waals surface area contributed by atoms with Crippen molar-refractivity contribution in [1.82, 2.24) is 20.0 Å². The lowest BCUT2D eigenvalue weighted by molar-refractivity contribution is 0.0702. The van der Waals surface area contributed by atoms with E-state index in [-0.39, 0.29) is 29.9 Å². The highest BCUT2D eigenvalue weighted by atomic mass is 35.5. The van der Waals surface area contributed by atoms with Crippen molar-refractivity contribution in [3.63, 3.8) is 0 Å². The van der Waals surface area contributed by atoms with Gasteiger partial charge in [-0.15, -0.1) is 12.4 Å². The molecule has 2 N–H and O–H groups in total. The Bertz CT molecular complexity index is 735. The molecular formula is C16H21ClN4O2. The monoisotopic (exact) mass is 336 g/mol. The third-order valence-corrected chi connectivity index (χ3v) is 3.90. The van der Waals surface area contributed by atoms with Crippen LogP contribution in [0.4, 0.5) is 0 Å². The van der Waals surface area contributed by atoms with E-state index in [1.54, 1.807) is 4.90 Å². The predicted molar refractivity (Wildman–Crippen MR) is 91.7 cm³/mol. The SMILES string of the molecule is Cc1ccc(-n2[nH]c(C(=O)N3CCNC(C)C3)cc2=O)cc1.Cl. The van der Waals surface area contributed by atoms with Crippen LogP contribution < -0.4 is 10.9 Å². The Morgan fingerprint density at radius 1 is 1.26 bits per heavy atom. The number of aromatic nitrogens is 2. The van der Waals surface area contributed by atoms with E-state index < -0.39 is 0 Å². The number of carbonyl (C=O) groups excluding carboxylic acids is 1. The number of H-pyrrole nitrogens is 1. The molecule has 1 saturated heterocycles. The fourth-order valence-electron chi connectivity index (χ4n) is 2.68. The number of hydrogen-bond donors (Lipinski definition) is 2. The van der Waals surface area contributed by atoms with Gasteiger partial charge in [0.1, 0.15) is 5.69 Å². The van der Waals surface area contributed by atoms with Gasteiger partial charge in [0.15, 0.2) is 0 Å². The number of hydrogen-bond acceptors (Lipinski definition) is 3. The highest BCUT2D eigenvalue weighted by Crippen LogP contribution is 2.09. The van der Waals surface area contributed by atoms with Crippen LogP contribution in [0.2, 0.25) is 0 Å². The van der Waals surface area contributed by atoms with Crippen molar-refractivity contribution in [2.75, 3.05) is 19.6 Å². The number of nitrogens with one attached hydrogen (secondary N) is 2.